The lowest BCUT2D eigenvalue weighted by Gasteiger charge is -2.27. The Morgan fingerprint density at radius 1 is 1.37 bits per heavy atom. The number of hydrogen-bond donors (Lipinski definition) is 2. The highest BCUT2D eigenvalue weighted by Gasteiger charge is 2.12. The lowest BCUT2D eigenvalue weighted by Crippen LogP contribution is -2.42. The van der Waals surface area contributed by atoms with E-state index in [9.17, 15) is 4.79 Å². The number of morpholine rings is 1. The molecule has 0 amide bonds. The number of rotatable bonds is 7. The van der Waals surface area contributed by atoms with Gasteiger partial charge in [0.15, 0.2) is 5.11 Å². The molecule has 0 atom stereocenters. The second-order valence-electron chi connectivity index (χ2n) is 6.58. The zero-order chi connectivity index (χ0) is 19.1. The Hall–Kier alpha value is -2.03. The van der Waals surface area contributed by atoms with Gasteiger partial charge in [-0.3, -0.25) is 9.69 Å². The molecule has 1 saturated heterocycles. The number of H-pyrrole nitrogens is 1. The highest BCUT2D eigenvalue weighted by Crippen LogP contribution is 2.07. The fraction of sp³-hybridized carbons (Fsp3) is 0.526. The van der Waals surface area contributed by atoms with Crippen LogP contribution in [-0.2, 0) is 11.3 Å². The first-order valence-electron chi connectivity index (χ1n) is 9.48. The zero-order valence-corrected chi connectivity index (χ0v) is 16.6. The maximum absolute atomic E-state index is 12.2. The van der Waals surface area contributed by atoms with Crippen molar-refractivity contribution in [2.24, 2.45) is 0 Å². The highest BCUT2D eigenvalue weighted by molar-refractivity contribution is 7.80. The maximum Gasteiger partial charge on any atom is 0.258 e. The lowest BCUT2D eigenvalue weighted by molar-refractivity contribution is 0.0376. The largest absolute Gasteiger partial charge is 0.379 e. The van der Waals surface area contributed by atoms with Crippen LogP contribution in [0, 0.1) is 0 Å². The van der Waals surface area contributed by atoms with E-state index in [1.165, 1.54) is 0 Å². The predicted octanol–water partition coefficient (Wildman–Crippen LogP) is 1.34. The van der Waals surface area contributed by atoms with Crippen LogP contribution < -0.4 is 10.9 Å². The number of benzene rings is 1. The third-order valence-corrected chi connectivity index (χ3v) is 5.11. The van der Waals surface area contributed by atoms with Crippen molar-refractivity contribution in [2.75, 3.05) is 45.9 Å². The van der Waals surface area contributed by atoms with E-state index in [0.29, 0.717) is 28.4 Å². The Morgan fingerprint density at radius 2 is 2.15 bits per heavy atom. The molecule has 2 N–H and O–H groups in total. The van der Waals surface area contributed by atoms with Crippen LogP contribution in [-0.4, -0.2) is 70.8 Å². The molecule has 0 aliphatic carbocycles. The van der Waals surface area contributed by atoms with Crippen molar-refractivity contribution in [3.63, 3.8) is 0 Å². The molecule has 1 aromatic heterocycles. The van der Waals surface area contributed by atoms with E-state index in [1.54, 1.807) is 6.07 Å². The molecule has 0 spiro atoms. The molecule has 0 radical (unpaired) electrons. The third kappa shape index (κ3) is 5.47. The number of nitrogens with zero attached hydrogens (tertiary/aromatic N) is 3. The van der Waals surface area contributed by atoms with Gasteiger partial charge in [-0.25, -0.2) is 4.98 Å². The summed E-state index contributed by atoms with van der Waals surface area (Å²) in [5.41, 5.74) is 0.590. The molecular weight excluding hydrogens is 362 g/mol. The van der Waals surface area contributed by atoms with Gasteiger partial charge in [-0.05, 0) is 44.2 Å². The van der Waals surface area contributed by atoms with E-state index in [1.807, 2.05) is 30.0 Å². The molecule has 2 aromatic rings. The number of para-hydroxylation sites is 1. The smallest absolute Gasteiger partial charge is 0.258 e. The van der Waals surface area contributed by atoms with Crippen LogP contribution in [0.1, 0.15) is 19.2 Å². The van der Waals surface area contributed by atoms with Crippen LogP contribution in [0.5, 0.6) is 0 Å². The molecule has 1 fully saturated rings. The summed E-state index contributed by atoms with van der Waals surface area (Å²) in [7, 11) is 0. The molecule has 1 aromatic carbocycles. The second-order valence-corrected chi connectivity index (χ2v) is 6.97. The average Bonchev–Trinajstić information content (AvgIpc) is 2.70. The van der Waals surface area contributed by atoms with Gasteiger partial charge in [0.1, 0.15) is 5.82 Å². The van der Waals surface area contributed by atoms with Gasteiger partial charge in [0.05, 0.1) is 30.7 Å². The first-order chi connectivity index (χ1) is 13.2. The number of aromatic amines is 1. The van der Waals surface area contributed by atoms with Crippen LogP contribution in [0.2, 0.25) is 0 Å². The summed E-state index contributed by atoms with van der Waals surface area (Å²) < 4.78 is 5.37. The van der Waals surface area contributed by atoms with Gasteiger partial charge in [-0.15, -0.1) is 0 Å². The van der Waals surface area contributed by atoms with Crippen molar-refractivity contribution in [3.8, 4) is 0 Å². The molecular formula is C19H27N5O2S. The van der Waals surface area contributed by atoms with E-state index in [-0.39, 0.29) is 5.56 Å². The van der Waals surface area contributed by atoms with Crippen molar-refractivity contribution >= 4 is 28.2 Å². The average molecular weight is 390 g/mol. The normalized spacial score (nSPS) is 15.0. The van der Waals surface area contributed by atoms with Gasteiger partial charge < -0.3 is 19.9 Å². The van der Waals surface area contributed by atoms with Gasteiger partial charge in [0.2, 0.25) is 0 Å². The second kappa shape index (κ2) is 9.77. The number of ether oxygens (including phenoxy) is 1. The molecule has 0 bridgehead atoms. The van der Waals surface area contributed by atoms with Crippen LogP contribution in [0.15, 0.2) is 29.1 Å². The number of nitrogens with one attached hydrogen (secondary N) is 2. The minimum Gasteiger partial charge on any atom is -0.379 e. The van der Waals surface area contributed by atoms with Crippen molar-refractivity contribution < 1.29 is 4.74 Å². The van der Waals surface area contributed by atoms with Crippen LogP contribution in [0.25, 0.3) is 10.9 Å². The predicted molar refractivity (Wildman–Crippen MR) is 111 cm³/mol. The van der Waals surface area contributed by atoms with Gasteiger partial charge in [0.25, 0.3) is 5.56 Å². The van der Waals surface area contributed by atoms with Crippen molar-refractivity contribution in [3.05, 3.63) is 40.4 Å². The topological polar surface area (TPSA) is 73.5 Å². The lowest BCUT2D eigenvalue weighted by atomic mass is 10.2. The van der Waals surface area contributed by atoms with Gasteiger partial charge in [-0.2, -0.15) is 0 Å². The van der Waals surface area contributed by atoms with Crippen LogP contribution in [0.4, 0.5) is 0 Å². The summed E-state index contributed by atoms with van der Waals surface area (Å²) in [6.07, 6.45) is 1.03. The zero-order valence-electron chi connectivity index (χ0n) is 15.7. The Labute approximate surface area is 164 Å². The molecule has 7 nitrogen and oxygen atoms in total. The molecule has 146 valence electrons. The number of aromatic nitrogens is 2. The summed E-state index contributed by atoms with van der Waals surface area (Å²) in [4.78, 5) is 24.1. The minimum atomic E-state index is -0.115. The molecule has 1 aliphatic rings. The molecule has 27 heavy (non-hydrogen) atoms. The molecule has 0 saturated carbocycles. The van der Waals surface area contributed by atoms with E-state index in [0.717, 1.165) is 52.4 Å². The van der Waals surface area contributed by atoms with E-state index < -0.39 is 0 Å². The Bertz CT molecular complexity index is 819. The third-order valence-electron chi connectivity index (χ3n) is 4.70. The minimum absolute atomic E-state index is 0.115. The van der Waals surface area contributed by atoms with Gasteiger partial charge >= 0.3 is 0 Å². The Balaban J connectivity index is 1.52. The Morgan fingerprint density at radius 3 is 2.93 bits per heavy atom. The number of fused-ring (bicyclic) bond motifs is 1. The quantitative estimate of drug-likeness (QED) is 0.547. The first kappa shape index (κ1) is 19.7. The number of hydrogen-bond acceptors (Lipinski definition) is 5. The van der Waals surface area contributed by atoms with Gasteiger partial charge in [0, 0.05) is 26.2 Å². The van der Waals surface area contributed by atoms with E-state index in [4.69, 9.17) is 17.0 Å². The highest BCUT2D eigenvalue weighted by atomic mass is 32.1. The van der Waals surface area contributed by atoms with E-state index >= 15 is 0 Å². The Kier molecular flexibility index (Phi) is 7.14. The van der Waals surface area contributed by atoms with E-state index in [2.05, 4.69) is 20.2 Å². The van der Waals surface area contributed by atoms with Crippen molar-refractivity contribution in [1.29, 1.82) is 0 Å². The molecule has 1 aliphatic heterocycles. The summed E-state index contributed by atoms with van der Waals surface area (Å²) >= 11 is 5.53. The van der Waals surface area contributed by atoms with Crippen LogP contribution in [0.3, 0.4) is 0 Å². The van der Waals surface area contributed by atoms with Crippen molar-refractivity contribution in [2.45, 2.75) is 19.9 Å². The summed E-state index contributed by atoms with van der Waals surface area (Å²) in [5.74, 6) is 0.623. The maximum atomic E-state index is 12.2. The summed E-state index contributed by atoms with van der Waals surface area (Å²) in [6.45, 7) is 8.80. The fourth-order valence-corrected chi connectivity index (χ4v) is 3.45. The monoisotopic (exact) mass is 389 g/mol. The SMILES string of the molecule is CCN(Cc1nc2ccccc2c(=O)[nH]1)C(=S)NCCCN1CCOCC1. The fourth-order valence-electron chi connectivity index (χ4n) is 3.15. The molecule has 3 rings (SSSR count). The van der Waals surface area contributed by atoms with Crippen LogP contribution >= 0.6 is 12.2 Å². The molecule has 8 heteroatoms. The first-order valence-corrected chi connectivity index (χ1v) is 9.89. The van der Waals surface area contributed by atoms with Gasteiger partial charge in [-0.1, -0.05) is 12.1 Å². The summed E-state index contributed by atoms with van der Waals surface area (Å²) in [5, 5.41) is 4.62. The van der Waals surface area contributed by atoms with Crippen molar-refractivity contribution in [1.82, 2.24) is 25.1 Å². The molecule has 0 unspecified atom stereocenters. The number of thiocarbonyl (C=S) groups is 1. The molecule has 2 heterocycles. The summed E-state index contributed by atoms with van der Waals surface area (Å²) in [6, 6.07) is 7.36. The standard InChI is InChI=1S/C19H27N5O2S/c1-2-24(19(27)20-8-5-9-23-10-12-26-13-11-23)14-17-21-16-7-4-3-6-15(16)18(25)22-17/h3-4,6-7H,2,5,8-14H2,1H3,(H,20,27)(H,21,22,25).